The molecule has 1 aromatic rings. The molecule has 0 bridgehead atoms. The van der Waals surface area contributed by atoms with E-state index in [2.05, 4.69) is 52.7 Å². The molecular formula is C21H29IN2OS. The summed E-state index contributed by atoms with van der Waals surface area (Å²) in [5.74, 6) is 2.54. The Morgan fingerprint density at radius 2 is 2.31 bits per heavy atom. The molecule has 0 saturated heterocycles. The standard InChI is InChI=1S/C21H29IN2OS/c1-4-5-7-16-8-6-9-17(16)12-13-26-21(24-3)18-10-11-20(19(23)14-18)25-15(2)22/h4-5,7,10-11,14-15,17H,6,8-9,12-13,23H2,1-3H3/b5-4-,16-7-,24-21?. The lowest BCUT2D eigenvalue weighted by Gasteiger charge is -2.14. The summed E-state index contributed by atoms with van der Waals surface area (Å²) in [4.78, 5) is 4.48. The maximum absolute atomic E-state index is 6.15. The molecule has 2 unspecified atom stereocenters. The molecule has 1 saturated carbocycles. The van der Waals surface area contributed by atoms with Crippen molar-refractivity contribution in [2.24, 2.45) is 10.9 Å². The van der Waals surface area contributed by atoms with Crippen molar-refractivity contribution in [2.45, 2.75) is 43.6 Å². The normalized spacial score (nSPS) is 20.8. The fraction of sp³-hybridized carbons (Fsp3) is 0.476. The third-order valence-corrected chi connectivity index (χ3v) is 5.89. The minimum atomic E-state index is 0.0886. The van der Waals surface area contributed by atoms with E-state index in [9.17, 15) is 0 Å². The van der Waals surface area contributed by atoms with Crippen molar-refractivity contribution in [1.29, 1.82) is 0 Å². The zero-order valence-corrected chi connectivity index (χ0v) is 18.8. The van der Waals surface area contributed by atoms with Gasteiger partial charge in [0.1, 0.15) is 9.86 Å². The van der Waals surface area contributed by atoms with Gasteiger partial charge in [-0.3, -0.25) is 4.99 Å². The number of aliphatic imine (C=N–C) groups is 1. The lowest BCUT2D eigenvalue weighted by atomic mass is 9.99. The molecule has 2 rings (SSSR count). The van der Waals surface area contributed by atoms with Crippen LogP contribution in [0.5, 0.6) is 5.75 Å². The smallest absolute Gasteiger partial charge is 0.146 e. The average molecular weight is 484 g/mol. The molecule has 0 radical (unpaired) electrons. The zero-order valence-electron chi connectivity index (χ0n) is 15.9. The largest absolute Gasteiger partial charge is 0.478 e. The van der Waals surface area contributed by atoms with Crippen molar-refractivity contribution >= 4 is 45.1 Å². The highest BCUT2D eigenvalue weighted by Gasteiger charge is 2.20. The zero-order chi connectivity index (χ0) is 18.9. The number of hydrogen-bond donors (Lipinski definition) is 1. The van der Waals surface area contributed by atoms with Crippen LogP contribution in [0.25, 0.3) is 0 Å². The van der Waals surface area contributed by atoms with Crippen LogP contribution in [0.4, 0.5) is 5.69 Å². The van der Waals surface area contributed by atoms with Gasteiger partial charge in [-0.2, -0.15) is 0 Å². The van der Waals surface area contributed by atoms with Crippen LogP contribution in [0, 0.1) is 5.92 Å². The van der Waals surface area contributed by atoms with Crippen LogP contribution in [0.15, 0.2) is 47.0 Å². The first-order valence-electron chi connectivity index (χ1n) is 9.17. The molecule has 26 heavy (non-hydrogen) atoms. The summed E-state index contributed by atoms with van der Waals surface area (Å²) in [5.41, 5.74) is 9.49. The summed E-state index contributed by atoms with van der Waals surface area (Å²) in [5, 5.41) is 1.04. The Labute approximate surface area is 175 Å². The van der Waals surface area contributed by atoms with Crippen LogP contribution in [-0.2, 0) is 0 Å². The molecule has 0 aromatic heterocycles. The number of alkyl halides is 1. The number of ether oxygens (including phenoxy) is 1. The number of rotatable bonds is 7. The van der Waals surface area contributed by atoms with Gasteiger partial charge in [-0.1, -0.05) is 23.8 Å². The molecule has 0 spiro atoms. The number of anilines is 1. The highest BCUT2D eigenvalue weighted by molar-refractivity contribution is 14.1. The highest BCUT2D eigenvalue weighted by atomic mass is 127. The summed E-state index contributed by atoms with van der Waals surface area (Å²) in [6, 6.07) is 5.96. The summed E-state index contributed by atoms with van der Waals surface area (Å²) in [6.45, 7) is 4.06. The number of nitrogens with two attached hydrogens (primary N) is 1. The van der Waals surface area contributed by atoms with E-state index >= 15 is 0 Å². The molecule has 142 valence electrons. The lowest BCUT2D eigenvalue weighted by molar-refractivity contribution is 0.324. The van der Waals surface area contributed by atoms with E-state index in [1.54, 1.807) is 5.57 Å². The van der Waals surface area contributed by atoms with E-state index < -0.39 is 0 Å². The molecule has 2 N–H and O–H groups in total. The topological polar surface area (TPSA) is 47.6 Å². The lowest BCUT2D eigenvalue weighted by Crippen LogP contribution is -2.06. The van der Waals surface area contributed by atoms with Crippen molar-refractivity contribution in [3.8, 4) is 5.75 Å². The van der Waals surface area contributed by atoms with Crippen molar-refractivity contribution in [3.05, 3.63) is 47.6 Å². The second-order valence-corrected chi connectivity index (χ2v) is 9.27. The number of nitrogens with zero attached hydrogens (tertiary/aromatic N) is 1. The number of allylic oxidation sites excluding steroid dienone is 4. The van der Waals surface area contributed by atoms with Crippen LogP contribution < -0.4 is 10.5 Å². The first kappa shape index (κ1) is 21.4. The Morgan fingerprint density at radius 1 is 1.50 bits per heavy atom. The van der Waals surface area contributed by atoms with Gasteiger partial charge in [0.05, 0.1) is 10.7 Å². The highest BCUT2D eigenvalue weighted by Crippen LogP contribution is 2.35. The van der Waals surface area contributed by atoms with Gasteiger partial charge in [0, 0.05) is 18.4 Å². The van der Waals surface area contributed by atoms with Crippen molar-refractivity contribution in [1.82, 2.24) is 0 Å². The van der Waals surface area contributed by atoms with E-state index in [0.717, 1.165) is 28.0 Å². The summed E-state index contributed by atoms with van der Waals surface area (Å²) >= 11 is 4.05. The van der Waals surface area contributed by atoms with Gasteiger partial charge in [-0.15, -0.1) is 11.8 Å². The van der Waals surface area contributed by atoms with Gasteiger partial charge >= 0.3 is 0 Å². The second-order valence-electron chi connectivity index (χ2n) is 6.44. The third kappa shape index (κ3) is 6.34. The van der Waals surface area contributed by atoms with Crippen LogP contribution in [0.3, 0.4) is 0 Å². The van der Waals surface area contributed by atoms with Crippen LogP contribution >= 0.6 is 34.4 Å². The molecule has 1 aliphatic carbocycles. The Balaban J connectivity index is 1.94. The minimum absolute atomic E-state index is 0.0886. The van der Waals surface area contributed by atoms with Crippen LogP contribution in [0.1, 0.15) is 45.1 Å². The summed E-state index contributed by atoms with van der Waals surface area (Å²) in [6.07, 6.45) is 11.7. The number of nitrogen functional groups attached to an aromatic ring is 1. The monoisotopic (exact) mass is 484 g/mol. The van der Waals surface area contributed by atoms with E-state index in [-0.39, 0.29) is 4.11 Å². The fourth-order valence-corrected chi connectivity index (χ4v) is 4.54. The Bertz CT molecular complexity index is 683. The van der Waals surface area contributed by atoms with Gasteiger partial charge in [-0.05, 0) is 86.2 Å². The minimum Gasteiger partial charge on any atom is -0.478 e. The molecule has 0 amide bonds. The predicted molar refractivity (Wildman–Crippen MR) is 125 cm³/mol. The van der Waals surface area contributed by atoms with Crippen molar-refractivity contribution in [2.75, 3.05) is 18.5 Å². The van der Waals surface area contributed by atoms with Crippen LogP contribution in [0.2, 0.25) is 0 Å². The summed E-state index contributed by atoms with van der Waals surface area (Å²) < 4.78 is 5.80. The SMILES string of the molecule is C/C=C\C=C1\CCCC1CCSC(=NC)c1ccc(OC(C)I)c(N)c1. The number of benzene rings is 1. The van der Waals surface area contributed by atoms with Gasteiger partial charge in [-0.25, -0.2) is 0 Å². The predicted octanol–water partition coefficient (Wildman–Crippen LogP) is 6.23. The van der Waals surface area contributed by atoms with Gasteiger partial charge in [0.15, 0.2) is 0 Å². The Morgan fingerprint density at radius 3 is 2.96 bits per heavy atom. The number of thioether (sulfide) groups is 1. The molecule has 0 heterocycles. The van der Waals surface area contributed by atoms with Gasteiger partial charge in [0.25, 0.3) is 0 Å². The molecule has 1 aliphatic rings. The molecular weight excluding hydrogens is 455 g/mol. The first-order valence-corrected chi connectivity index (χ1v) is 11.4. The van der Waals surface area contributed by atoms with E-state index in [4.69, 9.17) is 10.5 Å². The third-order valence-electron chi connectivity index (χ3n) is 4.50. The average Bonchev–Trinajstić information content (AvgIpc) is 3.05. The molecule has 3 nitrogen and oxygen atoms in total. The number of hydrogen-bond acceptors (Lipinski definition) is 4. The molecule has 2 atom stereocenters. The van der Waals surface area contributed by atoms with Crippen molar-refractivity contribution < 1.29 is 4.74 Å². The summed E-state index contributed by atoms with van der Waals surface area (Å²) in [7, 11) is 1.85. The maximum atomic E-state index is 6.15. The van der Waals surface area contributed by atoms with E-state index in [0.29, 0.717) is 5.69 Å². The second kappa shape index (κ2) is 11.0. The van der Waals surface area contributed by atoms with Gasteiger partial charge in [0.2, 0.25) is 0 Å². The van der Waals surface area contributed by atoms with E-state index in [1.165, 1.54) is 25.7 Å². The van der Waals surface area contributed by atoms with Crippen LogP contribution in [-0.4, -0.2) is 22.0 Å². The number of halogens is 1. The fourth-order valence-electron chi connectivity index (χ4n) is 3.25. The Hall–Kier alpha value is -0.950. The molecule has 1 aromatic carbocycles. The Kier molecular flexibility index (Phi) is 9.05. The van der Waals surface area contributed by atoms with Gasteiger partial charge < -0.3 is 10.5 Å². The molecule has 5 heteroatoms. The maximum Gasteiger partial charge on any atom is 0.146 e. The first-order chi connectivity index (χ1) is 12.5. The van der Waals surface area contributed by atoms with E-state index in [1.807, 2.05) is 43.9 Å². The van der Waals surface area contributed by atoms with Crippen molar-refractivity contribution in [3.63, 3.8) is 0 Å². The molecule has 0 aliphatic heterocycles. The quantitative estimate of drug-likeness (QED) is 0.164. The molecule has 1 fully saturated rings.